The third-order valence-electron chi connectivity index (χ3n) is 3.38. The van der Waals surface area contributed by atoms with Gasteiger partial charge >= 0.3 is 129 Å². The molecule has 0 aromatic carbocycles. The molecule has 0 fully saturated rings. The van der Waals surface area contributed by atoms with Crippen molar-refractivity contribution < 1.29 is 0 Å². The van der Waals surface area contributed by atoms with Gasteiger partial charge in [0, 0.05) is 0 Å². The van der Waals surface area contributed by atoms with Gasteiger partial charge in [-0.15, -0.1) is 0 Å². The van der Waals surface area contributed by atoms with E-state index in [1.807, 2.05) is 22.7 Å². The number of hydrogen-bond donors (Lipinski definition) is 0. The molecule has 0 spiro atoms. The van der Waals surface area contributed by atoms with Gasteiger partial charge in [-0.2, -0.15) is 0 Å². The first-order chi connectivity index (χ1) is 9.06. The van der Waals surface area contributed by atoms with Crippen LogP contribution in [0.1, 0.15) is 20.9 Å². The fraction of sp³-hybridized carbons (Fsp3) is 0.250. The third-order valence-corrected chi connectivity index (χ3v) is 9.06. The molecule has 0 aliphatic rings. The standard InChI is InChI=1S/C16H16S2Se/c1-9-5-7-13(17-9)15-11(3)12(4)16(19-15)14-8-6-10(2)18-14/h5-8H,1-4H3. The number of hydrogen-bond acceptors (Lipinski definition) is 2. The van der Waals surface area contributed by atoms with Crippen LogP contribution in [0.25, 0.3) is 18.6 Å². The molecule has 0 saturated carbocycles. The summed E-state index contributed by atoms with van der Waals surface area (Å²) >= 11 is 4.32. The quantitative estimate of drug-likeness (QED) is 0.540. The second kappa shape index (κ2) is 5.06. The second-order valence-electron chi connectivity index (χ2n) is 4.83. The molecule has 0 radical (unpaired) electrons. The summed E-state index contributed by atoms with van der Waals surface area (Å²) in [7, 11) is 0. The summed E-state index contributed by atoms with van der Waals surface area (Å²) in [6, 6.07) is 9.05. The molecule has 98 valence electrons. The Labute approximate surface area is 128 Å². The van der Waals surface area contributed by atoms with Gasteiger partial charge in [0.25, 0.3) is 0 Å². The summed E-state index contributed by atoms with van der Waals surface area (Å²) in [5.41, 5.74) is 3.01. The summed E-state index contributed by atoms with van der Waals surface area (Å²) < 4.78 is 3.17. The van der Waals surface area contributed by atoms with E-state index in [2.05, 4.69) is 52.0 Å². The van der Waals surface area contributed by atoms with Crippen molar-refractivity contribution in [1.82, 2.24) is 0 Å². The Kier molecular flexibility index (Phi) is 3.57. The Hall–Kier alpha value is -0.601. The van der Waals surface area contributed by atoms with E-state index >= 15 is 0 Å². The molecule has 3 rings (SSSR count). The van der Waals surface area contributed by atoms with Gasteiger partial charge < -0.3 is 0 Å². The Morgan fingerprint density at radius 2 is 1.11 bits per heavy atom. The molecule has 3 heteroatoms. The first-order valence-electron chi connectivity index (χ1n) is 6.30. The Morgan fingerprint density at radius 3 is 1.42 bits per heavy atom. The van der Waals surface area contributed by atoms with Crippen LogP contribution in [-0.2, 0) is 0 Å². The Bertz CT molecular complexity index is 667. The molecule has 3 aromatic heterocycles. The van der Waals surface area contributed by atoms with Crippen LogP contribution in [0.3, 0.4) is 0 Å². The van der Waals surface area contributed by atoms with Crippen molar-refractivity contribution in [2.24, 2.45) is 0 Å². The van der Waals surface area contributed by atoms with Gasteiger partial charge in [0.1, 0.15) is 0 Å². The SMILES string of the molecule is Cc1ccc(-c2[se]c(-c3ccc(C)s3)c(C)c2C)s1. The van der Waals surface area contributed by atoms with Crippen LogP contribution in [0, 0.1) is 27.7 Å². The normalized spacial score (nSPS) is 11.2. The molecule has 0 amide bonds. The van der Waals surface area contributed by atoms with Crippen molar-refractivity contribution in [2.45, 2.75) is 27.7 Å². The summed E-state index contributed by atoms with van der Waals surface area (Å²) in [6.45, 7) is 8.95. The zero-order chi connectivity index (χ0) is 13.6. The van der Waals surface area contributed by atoms with Gasteiger partial charge in [-0.25, -0.2) is 0 Å². The maximum atomic E-state index is 2.29. The zero-order valence-electron chi connectivity index (χ0n) is 11.5. The zero-order valence-corrected chi connectivity index (χ0v) is 14.9. The van der Waals surface area contributed by atoms with Crippen molar-refractivity contribution in [3.05, 3.63) is 45.1 Å². The van der Waals surface area contributed by atoms with Gasteiger partial charge in [-0.3, -0.25) is 0 Å². The maximum absolute atomic E-state index is 2.29. The first-order valence-corrected chi connectivity index (χ1v) is 9.64. The van der Waals surface area contributed by atoms with Crippen LogP contribution in [0.4, 0.5) is 0 Å². The molecule has 0 aliphatic heterocycles. The average Bonchev–Trinajstić information content (AvgIpc) is 3.03. The van der Waals surface area contributed by atoms with Gasteiger partial charge in [0.15, 0.2) is 0 Å². The fourth-order valence-corrected chi connectivity index (χ4v) is 7.29. The van der Waals surface area contributed by atoms with Crippen LogP contribution in [0.5, 0.6) is 0 Å². The molecule has 0 saturated heterocycles. The number of thiophene rings is 2. The van der Waals surface area contributed by atoms with Crippen molar-refractivity contribution >= 4 is 37.2 Å². The molecular formula is C16H16S2Se. The van der Waals surface area contributed by atoms with Crippen molar-refractivity contribution in [1.29, 1.82) is 0 Å². The monoisotopic (exact) mass is 352 g/mol. The van der Waals surface area contributed by atoms with Crippen molar-refractivity contribution in [2.75, 3.05) is 0 Å². The Morgan fingerprint density at radius 1 is 0.684 bits per heavy atom. The van der Waals surface area contributed by atoms with Gasteiger partial charge in [0.05, 0.1) is 0 Å². The molecule has 0 atom stereocenters. The summed E-state index contributed by atoms with van der Waals surface area (Å²) in [4.78, 5) is 5.75. The van der Waals surface area contributed by atoms with Crippen LogP contribution in [0.2, 0.25) is 0 Å². The molecule has 0 nitrogen and oxygen atoms in total. The van der Waals surface area contributed by atoms with E-state index in [0.717, 1.165) is 0 Å². The fourth-order valence-electron chi connectivity index (χ4n) is 2.18. The van der Waals surface area contributed by atoms with Crippen molar-refractivity contribution in [3.8, 4) is 18.6 Å². The minimum atomic E-state index is 0.461. The van der Waals surface area contributed by atoms with E-state index in [-0.39, 0.29) is 0 Å². The number of rotatable bonds is 2. The van der Waals surface area contributed by atoms with Gasteiger partial charge in [-0.05, 0) is 0 Å². The summed E-state index contributed by atoms with van der Waals surface area (Å²) in [6.07, 6.45) is 0. The van der Waals surface area contributed by atoms with E-state index in [9.17, 15) is 0 Å². The van der Waals surface area contributed by atoms with Crippen LogP contribution < -0.4 is 0 Å². The molecule has 0 unspecified atom stereocenters. The van der Waals surface area contributed by atoms with E-state index in [4.69, 9.17) is 0 Å². The summed E-state index contributed by atoms with van der Waals surface area (Å²) in [5.74, 6) is 0. The minimum absolute atomic E-state index is 0.461. The van der Waals surface area contributed by atoms with Crippen molar-refractivity contribution in [3.63, 3.8) is 0 Å². The molecule has 19 heavy (non-hydrogen) atoms. The second-order valence-corrected chi connectivity index (χ2v) is 9.55. The topological polar surface area (TPSA) is 0 Å². The molecule has 3 heterocycles. The van der Waals surface area contributed by atoms with E-state index < -0.39 is 0 Å². The summed E-state index contributed by atoms with van der Waals surface area (Å²) in [5, 5.41) is 0. The number of aryl methyl sites for hydroxylation is 2. The van der Waals surface area contributed by atoms with Gasteiger partial charge in [-0.1, -0.05) is 0 Å². The molecule has 0 bridgehead atoms. The third kappa shape index (κ3) is 2.41. The Balaban J connectivity index is 2.14. The predicted molar refractivity (Wildman–Crippen MR) is 89.0 cm³/mol. The molecule has 0 aliphatic carbocycles. The first kappa shape index (κ1) is 13.4. The average molecular weight is 351 g/mol. The molecular weight excluding hydrogens is 335 g/mol. The van der Waals surface area contributed by atoms with Gasteiger partial charge in [0.2, 0.25) is 0 Å². The van der Waals surface area contributed by atoms with Crippen LogP contribution >= 0.6 is 22.7 Å². The van der Waals surface area contributed by atoms with Crippen LogP contribution in [-0.4, -0.2) is 14.5 Å². The van der Waals surface area contributed by atoms with E-state index in [1.165, 1.54) is 30.6 Å². The molecule has 0 N–H and O–H groups in total. The predicted octanol–water partition coefficient (Wildman–Crippen LogP) is 5.43. The van der Waals surface area contributed by atoms with E-state index in [1.54, 1.807) is 8.87 Å². The molecule has 3 aromatic rings. The van der Waals surface area contributed by atoms with E-state index in [0.29, 0.717) is 14.5 Å². The van der Waals surface area contributed by atoms with Crippen LogP contribution in [0.15, 0.2) is 24.3 Å².